The van der Waals surface area contributed by atoms with Gasteiger partial charge in [0.2, 0.25) is 5.89 Å². The van der Waals surface area contributed by atoms with Crippen molar-refractivity contribution in [3.63, 3.8) is 0 Å². The maximum Gasteiger partial charge on any atom is 0.416 e. The fourth-order valence-corrected chi connectivity index (χ4v) is 6.19. The van der Waals surface area contributed by atoms with Crippen LogP contribution in [0.1, 0.15) is 87.9 Å². The Morgan fingerprint density at radius 1 is 1.18 bits per heavy atom. The van der Waals surface area contributed by atoms with Crippen LogP contribution in [0.3, 0.4) is 0 Å². The molecular formula is C29H36F2N6O7S. The van der Waals surface area contributed by atoms with Crippen LogP contribution in [0.4, 0.5) is 25.1 Å². The molecule has 45 heavy (non-hydrogen) atoms. The highest BCUT2D eigenvalue weighted by Gasteiger charge is 2.32. The van der Waals surface area contributed by atoms with Crippen LogP contribution >= 0.6 is 0 Å². The molecule has 0 saturated heterocycles. The van der Waals surface area contributed by atoms with Crippen molar-refractivity contribution >= 4 is 33.6 Å². The molecule has 0 atom stereocenters. The van der Waals surface area contributed by atoms with Gasteiger partial charge in [-0.3, -0.25) is 18.9 Å². The van der Waals surface area contributed by atoms with Crippen molar-refractivity contribution in [3.05, 3.63) is 42.2 Å². The molecule has 0 spiro atoms. The summed E-state index contributed by atoms with van der Waals surface area (Å²) in [7, 11) is -4.10. The predicted molar refractivity (Wildman–Crippen MR) is 159 cm³/mol. The molecule has 3 aromatic heterocycles. The first-order valence-electron chi connectivity index (χ1n) is 14.7. The van der Waals surface area contributed by atoms with Gasteiger partial charge in [-0.25, -0.2) is 23.5 Å². The second-order valence-electron chi connectivity index (χ2n) is 12.6. The molecule has 16 heteroatoms. The fraction of sp³-hybridized carbons (Fsp3) is 0.552. The number of carbonyl (C=O) groups excluding carboxylic acids is 2. The van der Waals surface area contributed by atoms with Crippen LogP contribution in [0.2, 0.25) is 0 Å². The number of nitrogens with zero attached hydrogens (tertiary/aromatic N) is 5. The number of pyridine rings is 1. The third-order valence-corrected chi connectivity index (χ3v) is 8.50. The minimum absolute atomic E-state index is 0.0609. The van der Waals surface area contributed by atoms with E-state index in [2.05, 4.69) is 20.4 Å². The molecule has 2 fully saturated rings. The number of aromatic nitrogens is 4. The molecule has 5 rings (SSSR count). The number of rotatable bonds is 10. The molecule has 2 aliphatic carbocycles. The Morgan fingerprint density at radius 2 is 1.87 bits per heavy atom. The van der Waals surface area contributed by atoms with Crippen molar-refractivity contribution in [2.45, 2.75) is 77.4 Å². The third kappa shape index (κ3) is 8.63. The maximum atomic E-state index is 13.9. The van der Waals surface area contributed by atoms with Gasteiger partial charge in [0, 0.05) is 24.5 Å². The lowest BCUT2D eigenvalue weighted by Gasteiger charge is -2.27. The van der Waals surface area contributed by atoms with Crippen LogP contribution in [-0.2, 0) is 14.9 Å². The number of halogens is 2. The summed E-state index contributed by atoms with van der Waals surface area (Å²) >= 11 is 0. The topological polar surface area (TPSA) is 170 Å². The molecule has 0 aromatic carbocycles. The SMILES string of the molecule is CC(C)(C)OC(=O)N(CC1CC1)c1cc(-c2nc(C(=O)Nc3cn(C4CCC(CS(=O)(=O)O)CC4)nc3C(F)F)co2)ccn1. The summed E-state index contributed by atoms with van der Waals surface area (Å²) < 4.78 is 71.7. The molecule has 244 valence electrons. The second kappa shape index (κ2) is 12.8. The van der Waals surface area contributed by atoms with Crippen LogP contribution in [0.15, 0.2) is 35.2 Å². The van der Waals surface area contributed by atoms with Crippen LogP contribution in [-0.4, -0.2) is 62.6 Å². The minimum Gasteiger partial charge on any atom is -0.444 e. The normalized spacial score (nSPS) is 19.0. The number of hydrogen-bond donors (Lipinski definition) is 2. The van der Waals surface area contributed by atoms with Gasteiger partial charge < -0.3 is 14.5 Å². The second-order valence-corrected chi connectivity index (χ2v) is 14.1. The summed E-state index contributed by atoms with van der Waals surface area (Å²) in [5.41, 5.74) is -1.21. The van der Waals surface area contributed by atoms with E-state index >= 15 is 0 Å². The molecule has 3 aromatic rings. The van der Waals surface area contributed by atoms with Gasteiger partial charge in [0.25, 0.3) is 22.5 Å². The van der Waals surface area contributed by atoms with E-state index < -0.39 is 39.8 Å². The standard InChI is InChI=1S/C29H36F2N6O7S/c1-29(2,3)44-28(39)36(13-17-4-5-17)23-12-19(10-11-32-23)27-34-22(15-43-27)26(38)33-21-14-37(35-24(21)25(30)31)20-8-6-18(7-9-20)16-45(40,41)42/h10-12,14-15,17-18,20,25H,4-9,13,16H2,1-3H3,(H,33,38)(H,40,41,42). The average Bonchev–Trinajstić information content (AvgIpc) is 3.45. The molecule has 2 saturated carbocycles. The molecule has 0 unspecified atom stereocenters. The lowest BCUT2D eigenvalue weighted by Crippen LogP contribution is -2.38. The first-order valence-corrected chi connectivity index (χ1v) is 16.3. The van der Waals surface area contributed by atoms with Gasteiger partial charge >= 0.3 is 6.09 Å². The zero-order valence-electron chi connectivity index (χ0n) is 25.1. The van der Waals surface area contributed by atoms with E-state index in [1.165, 1.54) is 22.0 Å². The number of hydrogen-bond acceptors (Lipinski definition) is 9. The zero-order chi connectivity index (χ0) is 32.5. The van der Waals surface area contributed by atoms with Gasteiger partial charge in [-0.05, 0) is 83.3 Å². The number of nitrogens with one attached hydrogen (secondary N) is 1. The summed E-state index contributed by atoms with van der Waals surface area (Å²) in [6.07, 6.45) is 4.32. The average molecular weight is 651 g/mol. The van der Waals surface area contributed by atoms with Crippen LogP contribution in [0.25, 0.3) is 11.5 Å². The van der Waals surface area contributed by atoms with Crippen LogP contribution in [0.5, 0.6) is 0 Å². The minimum atomic E-state index is -4.10. The van der Waals surface area contributed by atoms with Gasteiger partial charge in [-0.15, -0.1) is 0 Å². The number of ether oxygens (including phenoxy) is 1. The highest BCUT2D eigenvalue weighted by atomic mass is 32.2. The molecular weight excluding hydrogens is 614 g/mol. The zero-order valence-corrected chi connectivity index (χ0v) is 26.0. The molecule has 0 bridgehead atoms. The molecule has 3 heterocycles. The van der Waals surface area contributed by atoms with Crippen LogP contribution in [0, 0.1) is 11.8 Å². The van der Waals surface area contributed by atoms with Crippen molar-refractivity contribution in [3.8, 4) is 11.5 Å². The van der Waals surface area contributed by atoms with Gasteiger partial charge in [0.05, 0.1) is 17.5 Å². The Morgan fingerprint density at radius 3 is 2.49 bits per heavy atom. The van der Waals surface area contributed by atoms with E-state index in [9.17, 15) is 26.8 Å². The number of anilines is 2. The molecule has 0 radical (unpaired) electrons. The smallest absolute Gasteiger partial charge is 0.416 e. The predicted octanol–water partition coefficient (Wildman–Crippen LogP) is 5.89. The Kier molecular flexibility index (Phi) is 9.26. The first-order chi connectivity index (χ1) is 21.1. The van der Waals surface area contributed by atoms with E-state index in [1.807, 2.05) is 0 Å². The first kappa shape index (κ1) is 32.5. The number of oxazole rings is 1. The van der Waals surface area contributed by atoms with Crippen molar-refractivity contribution in [1.82, 2.24) is 19.7 Å². The van der Waals surface area contributed by atoms with Gasteiger partial charge in [0.1, 0.15) is 17.7 Å². The highest BCUT2D eigenvalue weighted by molar-refractivity contribution is 7.85. The number of alkyl halides is 2. The molecule has 2 N–H and O–H groups in total. The summed E-state index contributed by atoms with van der Waals surface area (Å²) in [6.45, 7) is 5.77. The Balaban J connectivity index is 1.29. The summed E-state index contributed by atoms with van der Waals surface area (Å²) in [6, 6.07) is 2.93. The summed E-state index contributed by atoms with van der Waals surface area (Å²) in [5.74, 6) is -0.614. The Bertz CT molecular complexity index is 1640. The van der Waals surface area contributed by atoms with Crippen molar-refractivity contribution in [1.29, 1.82) is 0 Å². The Labute approximate surface area is 259 Å². The van der Waals surface area contributed by atoms with E-state index in [1.54, 1.807) is 32.9 Å². The van der Waals surface area contributed by atoms with E-state index in [-0.39, 0.29) is 35.0 Å². The van der Waals surface area contributed by atoms with Gasteiger partial charge in [0.15, 0.2) is 11.4 Å². The molecule has 2 amide bonds. The lowest BCUT2D eigenvalue weighted by molar-refractivity contribution is 0.0577. The number of carbonyl (C=O) groups is 2. The maximum absolute atomic E-state index is 13.9. The van der Waals surface area contributed by atoms with E-state index in [0.29, 0.717) is 49.5 Å². The molecule has 2 aliphatic rings. The van der Waals surface area contributed by atoms with E-state index in [0.717, 1.165) is 19.1 Å². The Hall–Kier alpha value is -3.92. The fourth-order valence-electron chi connectivity index (χ4n) is 5.26. The summed E-state index contributed by atoms with van der Waals surface area (Å²) in [4.78, 5) is 36.0. The summed E-state index contributed by atoms with van der Waals surface area (Å²) in [5, 5.41) is 6.46. The van der Waals surface area contributed by atoms with E-state index in [4.69, 9.17) is 13.7 Å². The molecule has 0 aliphatic heterocycles. The lowest BCUT2D eigenvalue weighted by atomic mass is 9.87. The third-order valence-electron chi connectivity index (χ3n) is 7.61. The molecule has 13 nitrogen and oxygen atoms in total. The quantitative estimate of drug-likeness (QED) is 0.252. The van der Waals surface area contributed by atoms with Crippen molar-refractivity contribution in [2.75, 3.05) is 22.5 Å². The van der Waals surface area contributed by atoms with Crippen molar-refractivity contribution < 1.29 is 40.5 Å². The highest BCUT2D eigenvalue weighted by Crippen LogP contribution is 2.36. The van der Waals surface area contributed by atoms with Gasteiger partial charge in [-0.2, -0.15) is 13.5 Å². The van der Waals surface area contributed by atoms with Crippen LogP contribution < -0.4 is 10.2 Å². The monoisotopic (exact) mass is 650 g/mol. The largest absolute Gasteiger partial charge is 0.444 e. The van der Waals surface area contributed by atoms with Crippen molar-refractivity contribution in [2.24, 2.45) is 11.8 Å². The van der Waals surface area contributed by atoms with Gasteiger partial charge in [-0.1, -0.05) is 0 Å². The number of amides is 2.